The molecule has 0 spiro atoms. The number of amides is 1. The summed E-state index contributed by atoms with van der Waals surface area (Å²) in [6, 6.07) is 2.63. The molecule has 0 fully saturated rings. The van der Waals surface area contributed by atoms with Crippen molar-refractivity contribution >= 4 is 15.9 Å². The van der Waals surface area contributed by atoms with Crippen LogP contribution < -0.4 is 5.32 Å². The van der Waals surface area contributed by atoms with Gasteiger partial charge in [-0.05, 0) is 26.0 Å². The molecule has 1 aromatic carbocycles. The monoisotopic (exact) mass is 320 g/mol. The van der Waals surface area contributed by atoms with Gasteiger partial charge in [0, 0.05) is 12.6 Å². The Morgan fingerprint density at radius 3 is 2.24 bits per heavy atom. The van der Waals surface area contributed by atoms with E-state index in [1.807, 2.05) is 0 Å². The van der Waals surface area contributed by atoms with Gasteiger partial charge < -0.3 is 5.32 Å². The Balaban J connectivity index is 3.12. The molecule has 0 aliphatic heterocycles. The van der Waals surface area contributed by atoms with Crippen molar-refractivity contribution in [2.45, 2.75) is 31.7 Å². The van der Waals surface area contributed by atoms with Gasteiger partial charge in [0.2, 0.25) is 15.9 Å². The summed E-state index contributed by atoms with van der Waals surface area (Å²) in [6.07, 6.45) is 0. The van der Waals surface area contributed by atoms with Gasteiger partial charge in [-0.25, -0.2) is 17.2 Å². The molecule has 0 atom stereocenters. The minimum absolute atomic E-state index is 0.0817. The van der Waals surface area contributed by atoms with Crippen molar-refractivity contribution in [1.82, 2.24) is 9.62 Å². The number of hydrogen-bond acceptors (Lipinski definition) is 3. The highest BCUT2D eigenvalue weighted by atomic mass is 32.2. The number of sulfonamides is 1. The van der Waals surface area contributed by atoms with Crippen LogP contribution in [0.15, 0.2) is 23.1 Å². The molecule has 0 saturated carbocycles. The van der Waals surface area contributed by atoms with E-state index in [2.05, 4.69) is 5.32 Å². The average molecular weight is 320 g/mol. The molecular weight excluding hydrogens is 302 g/mol. The Bertz CT molecular complexity index is 598. The number of halogens is 2. The number of carbonyl (C=O) groups excluding carboxylic acids is 1. The van der Waals surface area contributed by atoms with E-state index in [4.69, 9.17) is 0 Å². The minimum atomic E-state index is -4.42. The smallest absolute Gasteiger partial charge is 0.249 e. The van der Waals surface area contributed by atoms with Crippen molar-refractivity contribution in [3.8, 4) is 0 Å². The molecule has 0 aliphatic rings. The Hall–Kier alpha value is -1.54. The normalized spacial score (nSPS) is 12.0. The van der Waals surface area contributed by atoms with E-state index >= 15 is 0 Å². The van der Waals surface area contributed by atoms with E-state index in [-0.39, 0.29) is 12.6 Å². The summed E-state index contributed by atoms with van der Waals surface area (Å²) in [5, 5.41) is 2.53. The standard InChI is InChI=1S/C13H18F2N2O3S/c1-4-17(8-12(18)16-9(2)3)21(19,20)13-10(14)6-5-7-11(13)15/h5-7,9H,4,8H2,1-3H3,(H,16,18). The summed E-state index contributed by atoms with van der Waals surface area (Å²) in [6.45, 7) is 4.35. The lowest BCUT2D eigenvalue weighted by Crippen LogP contribution is -2.43. The zero-order valence-electron chi connectivity index (χ0n) is 12.1. The molecular formula is C13H18F2N2O3S. The highest BCUT2D eigenvalue weighted by molar-refractivity contribution is 7.89. The third kappa shape index (κ3) is 4.21. The number of hydrogen-bond donors (Lipinski definition) is 1. The molecule has 0 aliphatic carbocycles. The summed E-state index contributed by atoms with van der Waals surface area (Å²) < 4.78 is 52.6. The van der Waals surface area contributed by atoms with E-state index in [0.717, 1.165) is 22.5 Å². The third-order valence-corrected chi connectivity index (χ3v) is 4.61. The van der Waals surface area contributed by atoms with Crippen molar-refractivity contribution in [1.29, 1.82) is 0 Å². The molecule has 0 heterocycles. The van der Waals surface area contributed by atoms with E-state index in [0.29, 0.717) is 0 Å². The van der Waals surface area contributed by atoms with Gasteiger partial charge in [0.05, 0.1) is 6.54 Å². The van der Waals surface area contributed by atoms with Crippen LogP contribution >= 0.6 is 0 Å². The second-order valence-corrected chi connectivity index (χ2v) is 6.58. The molecule has 1 N–H and O–H groups in total. The second kappa shape index (κ2) is 6.95. The van der Waals surface area contributed by atoms with Gasteiger partial charge in [-0.2, -0.15) is 4.31 Å². The maximum atomic E-state index is 13.6. The van der Waals surface area contributed by atoms with Crippen LogP contribution in [0.2, 0.25) is 0 Å². The molecule has 1 aromatic rings. The van der Waals surface area contributed by atoms with Gasteiger partial charge in [0.25, 0.3) is 0 Å². The minimum Gasteiger partial charge on any atom is -0.353 e. The van der Waals surface area contributed by atoms with Crippen LogP contribution in [0.4, 0.5) is 8.78 Å². The first-order valence-electron chi connectivity index (χ1n) is 6.43. The van der Waals surface area contributed by atoms with E-state index in [1.165, 1.54) is 6.92 Å². The summed E-state index contributed by atoms with van der Waals surface area (Å²) in [5.41, 5.74) is 0. The lowest BCUT2D eigenvalue weighted by atomic mass is 10.3. The van der Waals surface area contributed by atoms with Crippen LogP contribution in [0, 0.1) is 11.6 Å². The highest BCUT2D eigenvalue weighted by Crippen LogP contribution is 2.22. The maximum Gasteiger partial charge on any atom is 0.249 e. The van der Waals surface area contributed by atoms with Crippen molar-refractivity contribution in [2.75, 3.05) is 13.1 Å². The van der Waals surface area contributed by atoms with E-state index in [1.54, 1.807) is 13.8 Å². The first-order valence-corrected chi connectivity index (χ1v) is 7.87. The van der Waals surface area contributed by atoms with E-state index < -0.39 is 39.0 Å². The number of rotatable bonds is 6. The lowest BCUT2D eigenvalue weighted by molar-refractivity contribution is -0.121. The van der Waals surface area contributed by atoms with Crippen LogP contribution in [-0.2, 0) is 14.8 Å². The fraction of sp³-hybridized carbons (Fsp3) is 0.462. The quantitative estimate of drug-likeness (QED) is 0.864. The van der Waals surface area contributed by atoms with Gasteiger partial charge in [0.1, 0.15) is 11.6 Å². The van der Waals surface area contributed by atoms with Gasteiger partial charge in [-0.1, -0.05) is 13.0 Å². The van der Waals surface area contributed by atoms with Gasteiger partial charge in [0.15, 0.2) is 4.90 Å². The largest absolute Gasteiger partial charge is 0.353 e. The van der Waals surface area contributed by atoms with Gasteiger partial charge in [-0.3, -0.25) is 4.79 Å². The van der Waals surface area contributed by atoms with Gasteiger partial charge in [-0.15, -0.1) is 0 Å². The fourth-order valence-corrected chi connectivity index (χ4v) is 3.27. The Kier molecular flexibility index (Phi) is 5.79. The SMILES string of the molecule is CCN(CC(=O)NC(C)C)S(=O)(=O)c1c(F)cccc1F. The zero-order chi connectivity index (χ0) is 16.2. The first kappa shape index (κ1) is 17.5. The highest BCUT2D eigenvalue weighted by Gasteiger charge is 2.31. The zero-order valence-corrected chi connectivity index (χ0v) is 12.9. The first-order chi connectivity index (χ1) is 9.70. The van der Waals surface area contributed by atoms with Crippen LogP contribution in [0.3, 0.4) is 0 Å². The molecule has 0 bridgehead atoms. The topological polar surface area (TPSA) is 66.5 Å². The Morgan fingerprint density at radius 2 is 1.81 bits per heavy atom. The van der Waals surface area contributed by atoms with Crippen molar-refractivity contribution in [3.63, 3.8) is 0 Å². The number of benzene rings is 1. The fourth-order valence-electron chi connectivity index (χ4n) is 1.75. The summed E-state index contributed by atoms with van der Waals surface area (Å²) in [7, 11) is -4.42. The Labute approximate surface area is 123 Å². The molecule has 5 nitrogen and oxygen atoms in total. The van der Waals surface area contributed by atoms with E-state index in [9.17, 15) is 22.0 Å². The van der Waals surface area contributed by atoms with Crippen LogP contribution in [0.1, 0.15) is 20.8 Å². The molecule has 0 aromatic heterocycles. The summed E-state index contributed by atoms with van der Waals surface area (Å²) >= 11 is 0. The number of nitrogens with zero attached hydrogens (tertiary/aromatic N) is 1. The molecule has 0 radical (unpaired) electrons. The molecule has 1 amide bonds. The lowest BCUT2D eigenvalue weighted by Gasteiger charge is -2.21. The van der Waals surface area contributed by atoms with Crippen LogP contribution in [0.25, 0.3) is 0 Å². The number of likely N-dealkylation sites (N-methyl/N-ethyl adjacent to an activating group) is 1. The average Bonchev–Trinajstić information content (AvgIpc) is 2.34. The Morgan fingerprint density at radius 1 is 1.29 bits per heavy atom. The third-order valence-electron chi connectivity index (χ3n) is 2.64. The maximum absolute atomic E-state index is 13.6. The molecule has 118 valence electrons. The van der Waals surface area contributed by atoms with Crippen molar-refractivity contribution in [2.24, 2.45) is 0 Å². The molecule has 0 saturated heterocycles. The molecule has 21 heavy (non-hydrogen) atoms. The number of nitrogens with one attached hydrogen (secondary N) is 1. The summed E-state index contributed by atoms with van der Waals surface area (Å²) in [5.74, 6) is -2.90. The predicted octanol–water partition coefficient (Wildman–Crippen LogP) is 1.50. The van der Waals surface area contributed by atoms with Crippen LogP contribution in [-0.4, -0.2) is 37.8 Å². The molecule has 8 heteroatoms. The van der Waals surface area contributed by atoms with Crippen LogP contribution in [0.5, 0.6) is 0 Å². The molecule has 1 rings (SSSR count). The van der Waals surface area contributed by atoms with Crippen molar-refractivity contribution < 1.29 is 22.0 Å². The number of carbonyl (C=O) groups is 1. The predicted molar refractivity (Wildman–Crippen MR) is 74.1 cm³/mol. The second-order valence-electron chi connectivity index (χ2n) is 4.70. The van der Waals surface area contributed by atoms with Crippen molar-refractivity contribution in [3.05, 3.63) is 29.8 Å². The molecule has 0 unspecified atom stereocenters. The van der Waals surface area contributed by atoms with Gasteiger partial charge >= 0.3 is 0 Å². The summed E-state index contributed by atoms with van der Waals surface area (Å²) in [4.78, 5) is 10.6.